The Morgan fingerprint density at radius 1 is 1.44 bits per heavy atom. The molecule has 0 aromatic carbocycles. The van der Waals surface area contributed by atoms with Crippen molar-refractivity contribution < 1.29 is 13.2 Å². The molecule has 1 amide bonds. The maximum Gasteiger partial charge on any atom is 0.270 e. The van der Waals surface area contributed by atoms with Crippen LogP contribution in [0.4, 0.5) is 0 Å². The second-order valence-corrected chi connectivity index (χ2v) is 8.33. The molecule has 0 saturated carbocycles. The zero-order valence-corrected chi connectivity index (χ0v) is 12.7. The van der Waals surface area contributed by atoms with Gasteiger partial charge in [-0.1, -0.05) is 13.8 Å². The number of hydrogen-bond donors (Lipinski definition) is 1. The highest BCUT2D eigenvalue weighted by molar-refractivity contribution is 8.15. The molecule has 1 aromatic heterocycles. The van der Waals surface area contributed by atoms with Crippen LogP contribution < -0.4 is 5.32 Å². The highest BCUT2D eigenvalue weighted by Crippen LogP contribution is 2.24. The molecule has 0 aliphatic carbocycles. The number of nitrogens with one attached hydrogen (secondary N) is 1. The Bertz CT molecular complexity index is 508. The normalized spacial score (nSPS) is 11.8. The molecule has 0 aliphatic heterocycles. The van der Waals surface area contributed by atoms with Gasteiger partial charge in [0.25, 0.3) is 9.05 Å². The molecule has 1 heterocycles. The lowest BCUT2D eigenvalue weighted by molar-refractivity contribution is -0.120. The Labute approximate surface area is 116 Å². The molecular formula is C11H16ClNO3S2. The van der Waals surface area contributed by atoms with Crippen molar-refractivity contribution in [3.8, 4) is 0 Å². The molecule has 0 bridgehead atoms. The number of hydrogen-bond acceptors (Lipinski definition) is 4. The predicted octanol–water partition coefficient (Wildman–Crippen LogP) is 2.38. The Morgan fingerprint density at radius 2 is 2.11 bits per heavy atom. The number of halogens is 1. The monoisotopic (exact) mass is 309 g/mol. The highest BCUT2D eigenvalue weighted by Gasteiger charge is 2.14. The van der Waals surface area contributed by atoms with Gasteiger partial charge in [0.1, 0.15) is 4.21 Å². The summed E-state index contributed by atoms with van der Waals surface area (Å²) in [6.07, 6.45) is 1.12. The third-order valence-electron chi connectivity index (χ3n) is 2.26. The topological polar surface area (TPSA) is 63.2 Å². The van der Waals surface area contributed by atoms with Crippen LogP contribution in [0.1, 0.15) is 25.1 Å². The van der Waals surface area contributed by atoms with Gasteiger partial charge in [-0.25, -0.2) is 8.42 Å². The third-order valence-corrected chi connectivity index (χ3v) is 5.43. The van der Waals surface area contributed by atoms with Crippen molar-refractivity contribution in [2.45, 2.75) is 30.9 Å². The van der Waals surface area contributed by atoms with E-state index in [1.54, 1.807) is 6.07 Å². The summed E-state index contributed by atoms with van der Waals surface area (Å²) >= 11 is 1.03. The van der Waals surface area contributed by atoms with Crippen LogP contribution in [0.2, 0.25) is 0 Å². The fourth-order valence-corrected chi connectivity index (χ4v) is 3.43. The zero-order valence-electron chi connectivity index (χ0n) is 10.3. The summed E-state index contributed by atoms with van der Waals surface area (Å²) in [6.45, 7) is 4.81. The second kappa shape index (κ2) is 6.54. The molecule has 1 rings (SSSR count). The van der Waals surface area contributed by atoms with Gasteiger partial charge in [0.05, 0.1) is 6.42 Å². The van der Waals surface area contributed by atoms with Gasteiger partial charge in [-0.3, -0.25) is 4.79 Å². The summed E-state index contributed by atoms with van der Waals surface area (Å²) in [6, 6.07) is 3.03. The maximum absolute atomic E-state index is 11.6. The Hall–Kier alpha value is -0.590. The molecular weight excluding hydrogens is 294 g/mol. The Balaban J connectivity index is 2.48. The van der Waals surface area contributed by atoms with Gasteiger partial charge in [0.15, 0.2) is 0 Å². The van der Waals surface area contributed by atoms with Crippen LogP contribution in [0, 0.1) is 5.92 Å². The van der Waals surface area contributed by atoms with Crippen molar-refractivity contribution in [1.29, 1.82) is 0 Å². The van der Waals surface area contributed by atoms with E-state index in [-0.39, 0.29) is 16.5 Å². The number of amides is 1. The number of rotatable bonds is 6. The van der Waals surface area contributed by atoms with Crippen molar-refractivity contribution in [2.24, 2.45) is 5.92 Å². The molecule has 0 aliphatic rings. The van der Waals surface area contributed by atoms with Gasteiger partial charge >= 0.3 is 0 Å². The predicted molar refractivity (Wildman–Crippen MR) is 73.5 cm³/mol. The minimum Gasteiger partial charge on any atom is -0.356 e. The van der Waals surface area contributed by atoms with E-state index >= 15 is 0 Å². The van der Waals surface area contributed by atoms with Crippen molar-refractivity contribution >= 4 is 37.0 Å². The molecule has 1 N–H and O–H groups in total. The maximum atomic E-state index is 11.6. The van der Waals surface area contributed by atoms with Crippen LogP contribution in [0.15, 0.2) is 16.3 Å². The summed E-state index contributed by atoms with van der Waals surface area (Å²) in [7, 11) is 1.52. The van der Waals surface area contributed by atoms with E-state index in [2.05, 4.69) is 19.2 Å². The molecule has 4 nitrogen and oxygen atoms in total. The lowest BCUT2D eigenvalue weighted by Crippen LogP contribution is -2.26. The van der Waals surface area contributed by atoms with Crippen LogP contribution in [-0.4, -0.2) is 20.9 Å². The van der Waals surface area contributed by atoms with E-state index in [0.29, 0.717) is 17.3 Å². The van der Waals surface area contributed by atoms with Crippen LogP contribution in [0.25, 0.3) is 0 Å². The summed E-state index contributed by atoms with van der Waals surface area (Å²) < 4.78 is 22.2. The molecule has 0 saturated heterocycles. The average Bonchev–Trinajstić information content (AvgIpc) is 2.64. The lowest BCUT2D eigenvalue weighted by atomic mass is 10.1. The van der Waals surface area contributed by atoms with Gasteiger partial charge in [-0.2, -0.15) is 0 Å². The van der Waals surface area contributed by atoms with Gasteiger partial charge in [-0.05, 0) is 24.5 Å². The molecule has 18 heavy (non-hydrogen) atoms. The number of thiophene rings is 1. The third kappa shape index (κ3) is 5.37. The molecule has 102 valence electrons. The van der Waals surface area contributed by atoms with E-state index in [0.717, 1.165) is 17.8 Å². The minimum atomic E-state index is -3.69. The van der Waals surface area contributed by atoms with Crippen LogP contribution in [0.3, 0.4) is 0 Å². The largest absolute Gasteiger partial charge is 0.356 e. The van der Waals surface area contributed by atoms with Crippen molar-refractivity contribution in [2.75, 3.05) is 6.54 Å². The molecule has 0 unspecified atom stereocenters. The summed E-state index contributed by atoms with van der Waals surface area (Å²) in [5, 5.41) is 2.80. The van der Waals surface area contributed by atoms with E-state index in [9.17, 15) is 13.2 Å². The lowest BCUT2D eigenvalue weighted by Gasteiger charge is -2.06. The van der Waals surface area contributed by atoms with E-state index < -0.39 is 9.05 Å². The quantitative estimate of drug-likeness (QED) is 0.821. The van der Waals surface area contributed by atoms with E-state index in [1.165, 1.54) is 6.07 Å². The van der Waals surface area contributed by atoms with Crippen LogP contribution in [-0.2, 0) is 20.3 Å². The number of carbonyl (C=O) groups excluding carboxylic acids is 1. The van der Waals surface area contributed by atoms with Crippen LogP contribution in [0.5, 0.6) is 0 Å². The molecule has 0 atom stereocenters. The van der Waals surface area contributed by atoms with Crippen molar-refractivity contribution in [3.05, 3.63) is 17.0 Å². The summed E-state index contributed by atoms with van der Waals surface area (Å²) in [5.41, 5.74) is 0. The smallest absolute Gasteiger partial charge is 0.270 e. The number of carbonyl (C=O) groups is 1. The Morgan fingerprint density at radius 3 is 2.61 bits per heavy atom. The highest BCUT2D eigenvalue weighted by atomic mass is 35.7. The second-order valence-electron chi connectivity index (χ2n) is 4.37. The summed E-state index contributed by atoms with van der Waals surface area (Å²) in [5.74, 6) is 0.441. The first-order chi connectivity index (χ1) is 8.29. The molecule has 1 aromatic rings. The van der Waals surface area contributed by atoms with Gasteiger partial charge in [-0.15, -0.1) is 11.3 Å². The zero-order chi connectivity index (χ0) is 13.8. The molecule has 0 spiro atoms. The molecule has 0 fully saturated rings. The van der Waals surface area contributed by atoms with Crippen LogP contribution >= 0.6 is 22.0 Å². The fraction of sp³-hybridized carbons (Fsp3) is 0.545. The summed E-state index contributed by atoms with van der Waals surface area (Å²) in [4.78, 5) is 12.3. The first-order valence-corrected chi connectivity index (χ1v) is 8.71. The fourth-order valence-electron chi connectivity index (χ4n) is 1.31. The minimum absolute atomic E-state index is 0.0779. The molecule has 7 heteroatoms. The van der Waals surface area contributed by atoms with Crippen molar-refractivity contribution in [3.63, 3.8) is 0 Å². The molecule has 0 radical (unpaired) electrons. The van der Waals surface area contributed by atoms with Gasteiger partial charge in [0, 0.05) is 22.1 Å². The average molecular weight is 310 g/mol. The first-order valence-electron chi connectivity index (χ1n) is 5.59. The SMILES string of the molecule is CC(C)CCNC(=O)Cc1ccc(S(=O)(=O)Cl)s1. The van der Waals surface area contributed by atoms with Crippen molar-refractivity contribution in [1.82, 2.24) is 5.32 Å². The van der Waals surface area contributed by atoms with E-state index in [1.807, 2.05) is 0 Å². The Kier molecular flexibility index (Phi) is 5.62. The van der Waals surface area contributed by atoms with Gasteiger partial charge < -0.3 is 5.32 Å². The van der Waals surface area contributed by atoms with Gasteiger partial charge in [0.2, 0.25) is 5.91 Å². The van der Waals surface area contributed by atoms with E-state index in [4.69, 9.17) is 10.7 Å². The standard InChI is InChI=1S/C11H16ClNO3S2/c1-8(2)5-6-13-10(14)7-9-3-4-11(17-9)18(12,15)16/h3-4,8H,5-7H2,1-2H3,(H,13,14). The first kappa shape index (κ1) is 15.5.